The molecule has 1 rings (SSSR count). The molecule has 0 aromatic heterocycles. The summed E-state index contributed by atoms with van der Waals surface area (Å²) in [5, 5.41) is 0. The molecule has 1 aliphatic heterocycles. The Morgan fingerprint density at radius 3 is 2.85 bits per heavy atom. The molecule has 0 amide bonds. The van der Waals surface area contributed by atoms with Crippen molar-refractivity contribution >= 4 is 23.4 Å². The number of thioether (sulfide) groups is 1. The summed E-state index contributed by atoms with van der Waals surface area (Å²) in [6.07, 6.45) is 4.19. The van der Waals surface area contributed by atoms with E-state index >= 15 is 0 Å². The number of allylic oxidation sites excluding steroid dienone is 1. The van der Waals surface area contributed by atoms with Crippen LogP contribution >= 0.6 is 23.4 Å². The molecule has 0 bridgehead atoms. The average Bonchev–Trinajstić information content (AvgIpc) is 2.03. The van der Waals surface area contributed by atoms with Crippen LogP contribution in [0.5, 0.6) is 0 Å². The third-order valence-corrected chi connectivity index (χ3v) is 3.60. The van der Waals surface area contributed by atoms with Crippen LogP contribution in [0.2, 0.25) is 0 Å². The Morgan fingerprint density at radius 2 is 2.23 bits per heavy atom. The minimum Gasteiger partial charge on any atom is -0.298 e. The van der Waals surface area contributed by atoms with Gasteiger partial charge in [0.25, 0.3) is 0 Å². The monoisotopic (exact) mass is 219 g/mol. The Hall–Kier alpha value is 0.340. The lowest BCUT2D eigenvalue weighted by Gasteiger charge is -2.36. The Morgan fingerprint density at radius 1 is 1.46 bits per heavy atom. The van der Waals surface area contributed by atoms with Crippen LogP contribution in [0.4, 0.5) is 0 Å². The molecule has 1 aliphatic rings. The fraction of sp³-hybridized carbons (Fsp3) is 0.800. The molecule has 0 spiro atoms. The van der Waals surface area contributed by atoms with Gasteiger partial charge in [-0.2, -0.15) is 11.8 Å². The third kappa shape index (κ3) is 4.39. The fourth-order valence-corrected chi connectivity index (χ4v) is 2.86. The molecule has 0 aromatic carbocycles. The van der Waals surface area contributed by atoms with Crippen LogP contribution in [0.15, 0.2) is 12.2 Å². The first-order chi connectivity index (χ1) is 6.14. The number of alkyl halides is 1. The summed E-state index contributed by atoms with van der Waals surface area (Å²) in [6.45, 7) is 8.08. The van der Waals surface area contributed by atoms with Gasteiger partial charge in [-0.25, -0.2) is 0 Å². The highest BCUT2D eigenvalue weighted by Crippen LogP contribution is 2.29. The quantitative estimate of drug-likeness (QED) is 0.531. The lowest BCUT2D eigenvalue weighted by molar-refractivity contribution is 0.287. The lowest BCUT2D eigenvalue weighted by Crippen LogP contribution is -2.42. The summed E-state index contributed by atoms with van der Waals surface area (Å²) in [7, 11) is 0. The normalized spacial score (nSPS) is 23.9. The van der Waals surface area contributed by atoms with E-state index in [1.165, 1.54) is 18.8 Å². The molecule has 0 saturated carbocycles. The van der Waals surface area contributed by atoms with Crippen molar-refractivity contribution in [3.05, 3.63) is 12.2 Å². The largest absolute Gasteiger partial charge is 0.298 e. The first kappa shape index (κ1) is 11.4. The Labute approximate surface area is 90.5 Å². The molecule has 0 aromatic rings. The van der Waals surface area contributed by atoms with Crippen LogP contribution in [0.3, 0.4) is 0 Å². The van der Waals surface area contributed by atoms with Crippen molar-refractivity contribution in [1.82, 2.24) is 4.90 Å². The van der Waals surface area contributed by atoms with Crippen LogP contribution in [0, 0.1) is 0 Å². The van der Waals surface area contributed by atoms with Crippen molar-refractivity contribution in [2.75, 3.05) is 31.3 Å². The second-order valence-electron chi connectivity index (χ2n) is 3.97. The van der Waals surface area contributed by atoms with Crippen molar-refractivity contribution in [3.8, 4) is 0 Å². The third-order valence-electron chi connectivity index (χ3n) is 2.12. The molecule has 76 valence electrons. The summed E-state index contributed by atoms with van der Waals surface area (Å²) in [5.41, 5.74) is 0. The van der Waals surface area contributed by atoms with Crippen molar-refractivity contribution < 1.29 is 0 Å². The van der Waals surface area contributed by atoms with Gasteiger partial charge in [-0.05, 0) is 13.8 Å². The molecule has 0 aliphatic carbocycles. The number of nitrogens with zero attached hydrogens (tertiary/aromatic N) is 1. The van der Waals surface area contributed by atoms with E-state index < -0.39 is 0 Å². The number of rotatable bonds is 3. The molecule has 1 heterocycles. The molecule has 0 radical (unpaired) electrons. The first-order valence-electron chi connectivity index (χ1n) is 4.71. The fourth-order valence-electron chi connectivity index (χ4n) is 1.56. The van der Waals surface area contributed by atoms with Crippen LogP contribution in [0.25, 0.3) is 0 Å². The summed E-state index contributed by atoms with van der Waals surface area (Å²) in [5.74, 6) is 1.88. The highest BCUT2D eigenvalue weighted by molar-refractivity contribution is 8.00. The summed E-state index contributed by atoms with van der Waals surface area (Å²) < 4.78 is 0.424. The van der Waals surface area contributed by atoms with Crippen LogP contribution < -0.4 is 0 Å². The van der Waals surface area contributed by atoms with E-state index in [0.29, 0.717) is 10.6 Å². The van der Waals surface area contributed by atoms with Crippen molar-refractivity contribution in [2.24, 2.45) is 0 Å². The minimum absolute atomic E-state index is 0.424. The van der Waals surface area contributed by atoms with E-state index in [0.717, 1.165) is 6.54 Å². The van der Waals surface area contributed by atoms with Gasteiger partial charge >= 0.3 is 0 Å². The van der Waals surface area contributed by atoms with Gasteiger partial charge in [0.05, 0.1) is 0 Å². The van der Waals surface area contributed by atoms with Crippen LogP contribution in [0.1, 0.15) is 13.8 Å². The molecule has 3 heteroatoms. The van der Waals surface area contributed by atoms with Crippen molar-refractivity contribution in [3.63, 3.8) is 0 Å². The van der Waals surface area contributed by atoms with Gasteiger partial charge in [0.15, 0.2) is 0 Å². The van der Waals surface area contributed by atoms with E-state index in [1.807, 2.05) is 6.08 Å². The number of hydrogen-bond donors (Lipinski definition) is 0. The topological polar surface area (TPSA) is 3.24 Å². The predicted octanol–water partition coefficient (Wildman–Crippen LogP) is 2.61. The predicted molar refractivity (Wildman–Crippen MR) is 62.8 cm³/mol. The molecule has 0 unspecified atom stereocenters. The summed E-state index contributed by atoms with van der Waals surface area (Å²) in [6, 6.07) is 0. The maximum absolute atomic E-state index is 5.57. The standard InChI is InChI=1S/C10H18ClNS/c1-10(2)9-12(7-8-13-10)6-4-3-5-11/h3-4H,5-9H2,1-2H3/b4-3+. The van der Waals surface area contributed by atoms with Gasteiger partial charge in [-0.1, -0.05) is 12.2 Å². The Kier molecular flexibility index (Phi) is 4.63. The minimum atomic E-state index is 0.424. The highest BCUT2D eigenvalue weighted by atomic mass is 35.5. The molecule has 13 heavy (non-hydrogen) atoms. The first-order valence-corrected chi connectivity index (χ1v) is 6.23. The Balaban J connectivity index is 2.30. The van der Waals surface area contributed by atoms with Gasteiger partial charge in [0.1, 0.15) is 0 Å². The second-order valence-corrected chi connectivity index (χ2v) is 6.08. The molecule has 1 fully saturated rings. The SMILES string of the molecule is CC1(C)CN(C/C=C/CCl)CCS1. The van der Waals surface area contributed by atoms with E-state index in [9.17, 15) is 0 Å². The smallest absolute Gasteiger partial charge is 0.0404 e. The summed E-state index contributed by atoms with van der Waals surface area (Å²) >= 11 is 7.64. The van der Waals surface area contributed by atoms with Gasteiger partial charge in [-0.15, -0.1) is 11.6 Å². The maximum Gasteiger partial charge on any atom is 0.0404 e. The molecule has 0 atom stereocenters. The molecule has 0 N–H and O–H groups in total. The zero-order chi connectivity index (χ0) is 9.73. The Bertz CT molecular complexity index is 180. The van der Waals surface area contributed by atoms with Gasteiger partial charge in [0.2, 0.25) is 0 Å². The second kappa shape index (κ2) is 5.28. The summed E-state index contributed by atoms with van der Waals surface area (Å²) in [4.78, 5) is 2.49. The zero-order valence-corrected chi connectivity index (χ0v) is 10.00. The van der Waals surface area contributed by atoms with Gasteiger partial charge in [-0.3, -0.25) is 4.90 Å². The molecule has 1 nitrogen and oxygen atoms in total. The molecular formula is C10H18ClNS. The van der Waals surface area contributed by atoms with E-state index in [1.54, 1.807) is 0 Å². The molecule has 1 saturated heterocycles. The highest BCUT2D eigenvalue weighted by Gasteiger charge is 2.25. The average molecular weight is 220 g/mol. The van der Waals surface area contributed by atoms with Crippen molar-refractivity contribution in [1.29, 1.82) is 0 Å². The van der Waals surface area contributed by atoms with Crippen LogP contribution in [-0.2, 0) is 0 Å². The van der Waals surface area contributed by atoms with E-state index in [4.69, 9.17) is 11.6 Å². The number of halogens is 1. The van der Waals surface area contributed by atoms with Crippen molar-refractivity contribution in [2.45, 2.75) is 18.6 Å². The van der Waals surface area contributed by atoms with E-state index in [-0.39, 0.29) is 0 Å². The lowest BCUT2D eigenvalue weighted by atomic mass is 10.2. The molecular weight excluding hydrogens is 202 g/mol. The van der Waals surface area contributed by atoms with Gasteiger partial charge < -0.3 is 0 Å². The maximum atomic E-state index is 5.57. The zero-order valence-electron chi connectivity index (χ0n) is 8.42. The van der Waals surface area contributed by atoms with Crippen LogP contribution in [-0.4, -0.2) is 40.9 Å². The van der Waals surface area contributed by atoms with Gasteiger partial charge in [0, 0.05) is 36.0 Å². The van der Waals surface area contributed by atoms with E-state index in [2.05, 4.69) is 36.6 Å². The number of hydrogen-bond acceptors (Lipinski definition) is 2.